The van der Waals surface area contributed by atoms with Gasteiger partial charge in [-0.3, -0.25) is 0 Å². The van der Waals surface area contributed by atoms with E-state index in [9.17, 15) is 9.59 Å². The fraction of sp³-hybridized carbons (Fsp3) is 0.611. The molecule has 0 unspecified atom stereocenters. The van der Waals surface area contributed by atoms with E-state index in [-0.39, 0.29) is 12.1 Å². The van der Waals surface area contributed by atoms with Gasteiger partial charge in [-0.1, -0.05) is 11.6 Å². The zero-order chi connectivity index (χ0) is 19.3. The van der Waals surface area contributed by atoms with Crippen molar-refractivity contribution < 1.29 is 19.1 Å². The molecule has 1 amide bonds. The molecule has 1 N–H and O–H groups in total. The largest absolute Gasteiger partial charge is 0.462 e. The summed E-state index contributed by atoms with van der Waals surface area (Å²) >= 11 is 6.24. The minimum Gasteiger partial charge on any atom is -0.462 e. The molecule has 8 heteroatoms. The van der Waals surface area contributed by atoms with Gasteiger partial charge in [0.1, 0.15) is 11.4 Å². The Morgan fingerprint density at radius 1 is 1.42 bits per heavy atom. The summed E-state index contributed by atoms with van der Waals surface area (Å²) in [6.07, 6.45) is 2.85. The highest BCUT2D eigenvalue weighted by molar-refractivity contribution is 6.33. The Hall–Kier alpha value is -2.02. The molecule has 7 nitrogen and oxygen atoms in total. The normalized spacial score (nSPS) is 17.6. The van der Waals surface area contributed by atoms with Crippen molar-refractivity contribution in [3.8, 4) is 0 Å². The summed E-state index contributed by atoms with van der Waals surface area (Å²) in [4.78, 5) is 29.9. The highest BCUT2D eigenvalue weighted by Gasteiger charge is 2.28. The number of pyridine rings is 1. The van der Waals surface area contributed by atoms with Gasteiger partial charge in [0.2, 0.25) is 0 Å². The first kappa shape index (κ1) is 20.3. The number of amides is 1. The molecule has 0 aromatic carbocycles. The maximum Gasteiger partial charge on any atom is 0.410 e. The Morgan fingerprint density at radius 3 is 2.77 bits per heavy atom. The van der Waals surface area contributed by atoms with Crippen LogP contribution in [0.15, 0.2) is 12.3 Å². The number of nitrogens with one attached hydrogen (secondary N) is 1. The first-order valence-corrected chi connectivity index (χ1v) is 9.14. The molecule has 1 fully saturated rings. The lowest BCUT2D eigenvalue weighted by molar-refractivity contribution is 0.0206. The molecule has 1 aromatic heterocycles. The molecule has 1 saturated heterocycles. The van der Waals surface area contributed by atoms with E-state index in [1.807, 2.05) is 20.8 Å². The van der Waals surface area contributed by atoms with Crippen molar-refractivity contribution in [1.29, 1.82) is 0 Å². The molecular formula is C18H26ClN3O4. The number of esters is 1. The van der Waals surface area contributed by atoms with Crippen LogP contribution in [0, 0.1) is 0 Å². The third-order valence-electron chi connectivity index (χ3n) is 3.77. The van der Waals surface area contributed by atoms with E-state index >= 15 is 0 Å². The zero-order valence-electron chi connectivity index (χ0n) is 15.7. The van der Waals surface area contributed by atoms with Crippen molar-refractivity contribution in [3.63, 3.8) is 0 Å². The molecule has 0 bridgehead atoms. The van der Waals surface area contributed by atoms with Crippen molar-refractivity contribution >= 4 is 29.5 Å². The molecule has 1 aliphatic heterocycles. The summed E-state index contributed by atoms with van der Waals surface area (Å²) in [5.74, 6) is 0.0259. The lowest BCUT2D eigenvalue weighted by atomic mass is 10.1. The summed E-state index contributed by atoms with van der Waals surface area (Å²) in [5.41, 5.74) is -0.216. The zero-order valence-corrected chi connectivity index (χ0v) is 16.4. The minimum absolute atomic E-state index is 0.00899. The van der Waals surface area contributed by atoms with Gasteiger partial charge < -0.3 is 19.7 Å². The van der Waals surface area contributed by atoms with Crippen LogP contribution in [0.5, 0.6) is 0 Å². The van der Waals surface area contributed by atoms with Crippen LogP contribution in [-0.4, -0.2) is 53.3 Å². The number of halogens is 1. The Bertz CT molecular complexity index is 660. The topological polar surface area (TPSA) is 80.8 Å². The number of aromatic nitrogens is 1. The molecular weight excluding hydrogens is 358 g/mol. The fourth-order valence-corrected chi connectivity index (χ4v) is 2.87. The van der Waals surface area contributed by atoms with Gasteiger partial charge in [0.05, 0.1) is 17.2 Å². The lowest BCUT2D eigenvalue weighted by Crippen LogP contribution is -2.47. The van der Waals surface area contributed by atoms with Crippen LogP contribution >= 0.6 is 11.6 Å². The molecule has 0 radical (unpaired) electrons. The quantitative estimate of drug-likeness (QED) is 0.798. The van der Waals surface area contributed by atoms with Gasteiger partial charge in [-0.05, 0) is 46.6 Å². The smallest absolute Gasteiger partial charge is 0.410 e. The third-order valence-corrected chi connectivity index (χ3v) is 4.05. The average molecular weight is 384 g/mol. The Labute approximate surface area is 159 Å². The van der Waals surface area contributed by atoms with E-state index in [4.69, 9.17) is 21.1 Å². The van der Waals surface area contributed by atoms with Crippen LogP contribution in [0.2, 0.25) is 5.02 Å². The Morgan fingerprint density at radius 2 is 2.15 bits per heavy atom. The summed E-state index contributed by atoms with van der Waals surface area (Å²) in [6, 6.07) is 1.54. The third kappa shape index (κ3) is 5.76. The van der Waals surface area contributed by atoms with Gasteiger partial charge in [-0.25, -0.2) is 14.6 Å². The second-order valence-electron chi connectivity index (χ2n) is 7.18. The van der Waals surface area contributed by atoms with Crippen molar-refractivity contribution in [1.82, 2.24) is 9.88 Å². The maximum absolute atomic E-state index is 12.2. The molecule has 26 heavy (non-hydrogen) atoms. The van der Waals surface area contributed by atoms with E-state index in [0.29, 0.717) is 36.1 Å². The van der Waals surface area contributed by atoms with Gasteiger partial charge in [0, 0.05) is 25.3 Å². The van der Waals surface area contributed by atoms with Crippen LogP contribution in [0.4, 0.5) is 10.6 Å². The van der Waals surface area contributed by atoms with Crippen molar-refractivity contribution in [3.05, 3.63) is 22.8 Å². The molecule has 1 aromatic rings. The highest BCUT2D eigenvalue weighted by atomic mass is 35.5. The van der Waals surface area contributed by atoms with E-state index in [2.05, 4.69) is 10.3 Å². The standard InChI is InChI=1S/C18H26ClN3O4/c1-5-25-16(23)12-9-14(19)15(20-10-12)21-13-7-6-8-22(11-13)17(24)26-18(2,3)4/h9-10,13H,5-8,11H2,1-4H3,(H,20,21)/t13-/m1/s1. The van der Waals surface area contributed by atoms with Crippen LogP contribution < -0.4 is 5.32 Å². The molecule has 1 aliphatic rings. The Balaban J connectivity index is 1.99. The molecule has 1 atom stereocenters. The summed E-state index contributed by atoms with van der Waals surface area (Å²) in [7, 11) is 0. The average Bonchev–Trinajstić information content (AvgIpc) is 2.55. The second-order valence-corrected chi connectivity index (χ2v) is 7.59. The number of anilines is 1. The lowest BCUT2D eigenvalue weighted by Gasteiger charge is -2.34. The van der Waals surface area contributed by atoms with Gasteiger partial charge in [0.25, 0.3) is 0 Å². The number of nitrogens with zero attached hydrogens (tertiary/aromatic N) is 2. The van der Waals surface area contributed by atoms with Crippen molar-refractivity contribution in [2.75, 3.05) is 25.0 Å². The number of hydrogen-bond donors (Lipinski definition) is 1. The minimum atomic E-state index is -0.523. The van der Waals surface area contributed by atoms with E-state index in [1.165, 1.54) is 12.3 Å². The highest BCUT2D eigenvalue weighted by Crippen LogP contribution is 2.24. The van der Waals surface area contributed by atoms with Crippen LogP contribution in [0.3, 0.4) is 0 Å². The molecule has 0 aliphatic carbocycles. The molecule has 144 valence electrons. The van der Waals surface area contributed by atoms with Gasteiger partial charge >= 0.3 is 12.1 Å². The predicted molar refractivity (Wildman–Crippen MR) is 99.7 cm³/mol. The van der Waals surface area contributed by atoms with Crippen LogP contribution in [-0.2, 0) is 9.47 Å². The molecule has 0 spiro atoms. The number of likely N-dealkylation sites (tertiary alicyclic amines) is 1. The summed E-state index contributed by atoms with van der Waals surface area (Å²) in [5, 5.41) is 3.59. The monoisotopic (exact) mass is 383 g/mol. The second kappa shape index (κ2) is 8.58. The van der Waals surface area contributed by atoms with Crippen molar-refractivity contribution in [2.45, 2.75) is 52.2 Å². The first-order chi connectivity index (χ1) is 12.2. The van der Waals surface area contributed by atoms with Gasteiger partial charge in [-0.2, -0.15) is 0 Å². The Kier molecular flexibility index (Phi) is 6.69. The van der Waals surface area contributed by atoms with E-state index in [1.54, 1.807) is 11.8 Å². The van der Waals surface area contributed by atoms with Crippen molar-refractivity contribution in [2.24, 2.45) is 0 Å². The predicted octanol–water partition coefficient (Wildman–Crippen LogP) is 3.72. The van der Waals surface area contributed by atoms with Gasteiger partial charge in [-0.15, -0.1) is 0 Å². The SMILES string of the molecule is CCOC(=O)c1cnc(N[C@@H]2CCCN(C(=O)OC(C)(C)C)C2)c(Cl)c1. The molecule has 2 rings (SSSR count). The number of carbonyl (C=O) groups is 2. The van der Waals surface area contributed by atoms with Crippen LogP contribution in [0.25, 0.3) is 0 Å². The molecule has 2 heterocycles. The molecule has 0 saturated carbocycles. The maximum atomic E-state index is 12.2. The number of ether oxygens (including phenoxy) is 2. The number of piperidine rings is 1. The fourth-order valence-electron chi connectivity index (χ4n) is 2.65. The van der Waals surface area contributed by atoms with E-state index in [0.717, 1.165) is 12.8 Å². The summed E-state index contributed by atoms with van der Waals surface area (Å²) in [6.45, 7) is 8.74. The van der Waals surface area contributed by atoms with E-state index < -0.39 is 11.6 Å². The number of carbonyl (C=O) groups excluding carboxylic acids is 2. The number of hydrogen-bond acceptors (Lipinski definition) is 6. The summed E-state index contributed by atoms with van der Waals surface area (Å²) < 4.78 is 10.4. The van der Waals surface area contributed by atoms with Gasteiger partial charge in [0.15, 0.2) is 0 Å². The first-order valence-electron chi connectivity index (χ1n) is 8.76. The number of rotatable bonds is 4. The van der Waals surface area contributed by atoms with Crippen LogP contribution in [0.1, 0.15) is 50.9 Å².